The van der Waals surface area contributed by atoms with Crippen molar-refractivity contribution in [1.82, 2.24) is 0 Å². The summed E-state index contributed by atoms with van der Waals surface area (Å²) in [5, 5.41) is 9.05. The molecule has 0 amide bonds. The highest BCUT2D eigenvalue weighted by atomic mass is 127. The molecule has 0 rings (SSSR count). The fourth-order valence-electron chi connectivity index (χ4n) is 4.30. The first-order valence-electron chi connectivity index (χ1n) is 13.6. The Kier molecular flexibility index (Phi) is 29.2. The molecule has 0 saturated carbocycles. The van der Waals surface area contributed by atoms with Gasteiger partial charge in [0.2, 0.25) is 0 Å². The number of unbranched alkanes of at least 4 members (excludes halogenated alkanes) is 15. The molecule has 0 aliphatic carbocycles. The van der Waals surface area contributed by atoms with Gasteiger partial charge in [-0.2, -0.15) is 11.8 Å². The van der Waals surface area contributed by atoms with Gasteiger partial charge >= 0.3 is 0 Å². The molecule has 0 fully saturated rings. The van der Waals surface area contributed by atoms with E-state index >= 15 is 0 Å². The van der Waals surface area contributed by atoms with Crippen molar-refractivity contribution in [1.29, 1.82) is 0 Å². The summed E-state index contributed by atoms with van der Waals surface area (Å²) in [5.74, 6) is 2.36. The van der Waals surface area contributed by atoms with Crippen LogP contribution in [0.25, 0.3) is 0 Å². The molecule has 1 N–H and O–H groups in total. The van der Waals surface area contributed by atoms with Gasteiger partial charge in [0.1, 0.15) is 12.6 Å². The van der Waals surface area contributed by atoms with E-state index in [0.29, 0.717) is 6.10 Å². The molecule has 0 bridgehead atoms. The van der Waals surface area contributed by atoms with Crippen LogP contribution in [-0.4, -0.2) is 68.1 Å². The summed E-state index contributed by atoms with van der Waals surface area (Å²) >= 11 is 2.05. The maximum Gasteiger partial charge on any atom is 0.115 e. The average molecular weight is 588 g/mol. The van der Waals surface area contributed by atoms with Crippen molar-refractivity contribution in [2.45, 2.75) is 122 Å². The number of quaternary nitrogens is 1. The minimum Gasteiger partial charge on any atom is -1.00 e. The molecule has 3 nitrogen and oxygen atoms in total. The van der Waals surface area contributed by atoms with Crippen LogP contribution in [0.15, 0.2) is 0 Å². The number of hydrogen-bond donors (Lipinski definition) is 1. The zero-order chi connectivity index (χ0) is 23.0. The lowest BCUT2D eigenvalue weighted by molar-refractivity contribution is -0.893. The fourth-order valence-corrected chi connectivity index (χ4v) is 5.38. The van der Waals surface area contributed by atoms with Crippen molar-refractivity contribution >= 4 is 11.8 Å². The quantitative estimate of drug-likeness (QED) is 0.0972. The molecule has 0 spiro atoms. The second-order valence-corrected chi connectivity index (χ2v) is 11.3. The number of thioether (sulfide) groups is 1. The maximum absolute atomic E-state index is 9.05. The Hall–Kier alpha value is 0.960. The Bertz CT molecular complexity index is 359. The van der Waals surface area contributed by atoms with Crippen LogP contribution in [0.2, 0.25) is 0 Å². The zero-order valence-electron chi connectivity index (χ0n) is 22.2. The summed E-state index contributed by atoms with van der Waals surface area (Å²) in [6, 6.07) is 0. The van der Waals surface area contributed by atoms with E-state index in [1.807, 2.05) is 7.11 Å². The topological polar surface area (TPSA) is 29.5 Å². The summed E-state index contributed by atoms with van der Waals surface area (Å²) in [6.45, 7) is 4.62. The summed E-state index contributed by atoms with van der Waals surface area (Å²) in [6.07, 6.45) is 24.1. The molecule has 0 aliphatic heterocycles. The van der Waals surface area contributed by atoms with Gasteiger partial charge in [-0.1, -0.05) is 103 Å². The zero-order valence-corrected chi connectivity index (χ0v) is 25.2. The van der Waals surface area contributed by atoms with Crippen LogP contribution < -0.4 is 24.0 Å². The Morgan fingerprint density at radius 3 is 1.56 bits per heavy atom. The van der Waals surface area contributed by atoms with Gasteiger partial charge in [0, 0.05) is 25.9 Å². The summed E-state index contributed by atoms with van der Waals surface area (Å²) < 4.78 is 6.63. The van der Waals surface area contributed by atoms with E-state index in [2.05, 4.69) is 32.8 Å². The van der Waals surface area contributed by atoms with E-state index in [-0.39, 0.29) is 30.6 Å². The van der Waals surface area contributed by atoms with E-state index in [9.17, 15) is 0 Å². The van der Waals surface area contributed by atoms with Gasteiger partial charge in [0.15, 0.2) is 0 Å². The lowest BCUT2D eigenvalue weighted by atomic mass is 10.0. The molecule has 196 valence electrons. The van der Waals surface area contributed by atoms with Crippen LogP contribution in [-0.2, 0) is 4.74 Å². The van der Waals surface area contributed by atoms with Crippen molar-refractivity contribution < 1.29 is 38.3 Å². The largest absolute Gasteiger partial charge is 1.00 e. The molecule has 1 atom stereocenters. The Balaban J connectivity index is 0. The number of aliphatic hydroxyl groups is 1. The molecule has 0 heterocycles. The molecular formula is C27H58INO2S. The van der Waals surface area contributed by atoms with Crippen LogP contribution >= 0.6 is 11.8 Å². The van der Waals surface area contributed by atoms with Crippen molar-refractivity contribution in [2.24, 2.45) is 0 Å². The Morgan fingerprint density at radius 1 is 0.719 bits per heavy atom. The third kappa shape index (κ3) is 25.6. The van der Waals surface area contributed by atoms with Crippen LogP contribution in [0.3, 0.4) is 0 Å². The SMILES string of the molecule is CCCCCCCCCCCCCCCCCCSCC(C[N+](C)(C)CCCO)OC.[I-]. The maximum atomic E-state index is 9.05. The average Bonchev–Trinajstić information content (AvgIpc) is 2.76. The van der Waals surface area contributed by atoms with Gasteiger partial charge in [-0.15, -0.1) is 0 Å². The van der Waals surface area contributed by atoms with Crippen LogP contribution in [0, 0.1) is 0 Å². The van der Waals surface area contributed by atoms with E-state index in [1.54, 1.807) is 0 Å². The monoisotopic (exact) mass is 587 g/mol. The van der Waals surface area contributed by atoms with Crippen molar-refractivity contribution in [2.75, 3.05) is 52.4 Å². The van der Waals surface area contributed by atoms with Crippen molar-refractivity contribution in [3.05, 3.63) is 0 Å². The molecular weight excluding hydrogens is 529 g/mol. The molecule has 0 aromatic rings. The standard InChI is InChI=1S/C27H58NO2S.HI/c1-5-6-7-8-9-10-11-12-13-14-15-16-17-18-19-20-24-31-26-27(30-4)25-28(2,3)22-21-23-29;/h27,29H,5-26H2,1-4H3;1H/q+1;/p-1. The Labute approximate surface area is 223 Å². The van der Waals surface area contributed by atoms with Crippen molar-refractivity contribution in [3.8, 4) is 0 Å². The number of rotatable bonds is 25. The summed E-state index contributed by atoms with van der Waals surface area (Å²) in [4.78, 5) is 0. The van der Waals surface area contributed by atoms with E-state index in [0.717, 1.165) is 29.7 Å². The highest BCUT2D eigenvalue weighted by Gasteiger charge is 2.21. The van der Waals surface area contributed by atoms with E-state index in [1.165, 1.54) is 108 Å². The van der Waals surface area contributed by atoms with Crippen molar-refractivity contribution in [3.63, 3.8) is 0 Å². The van der Waals surface area contributed by atoms with Gasteiger partial charge in [-0.05, 0) is 12.2 Å². The first-order valence-corrected chi connectivity index (χ1v) is 14.7. The molecule has 32 heavy (non-hydrogen) atoms. The summed E-state index contributed by atoms with van der Waals surface area (Å²) in [5.41, 5.74) is 0. The molecule has 0 saturated heterocycles. The number of methoxy groups -OCH3 is 1. The predicted octanol–water partition coefficient (Wildman–Crippen LogP) is 4.46. The Morgan fingerprint density at radius 2 is 1.16 bits per heavy atom. The molecule has 0 radical (unpaired) electrons. The highest BCUT2D eigenvalue weighted by Crippen LogP contribution is 2.16. The number of likely N-dealkylation sites (N-methyl/N-ethyl adjacent to an activating group) is 1. The van der Waals surface area contributed by atoms with Gasteiger partial charge < -0.3 is 38.3 Å². The molecule has 0 aliphatic rings. The third-order valence-electron chi connectivity index (χ3n) is 6.40. The molecule has 0 aromatic heterocycles. The number of hydrogen-bond acceptors (Lipinski definition) is 3. The smallest absolute Gasteiger partial charge is 0.115 e. The number of aliphatic hydroxyl groups excluding tert-OH is 1. The molecule has 1 unspecified atom stereocenters. The number of halogens is 1. The summed E-state index contributed by atoms with van der Waals surface area (Å²) in [7, 11) is 6.32. The normalized spacial score (nSPS) is 12.7. The minimum absolute atomic E-state index is 0. The third-order valence-corrected chi connectivity index (χ3v) is 7.58. The molecule has 0 aromatic carbocycles. The van der Waals surface area contributed by atoms with Gasteiger partial charge in [0.05, 0.1) is 20.6 Å². The number of ether oxygens (including phenoxy) is 1. The highest BCUT2D eigenvalue weighted by molar-refractivity contribution is 7.99. The minimum atomic E-state index is 0. The predicted molar refractivity (Wildman–Crippen MR) is 141 cm³/mol. The van der Waals surface area contributed by atoms with E-state index in [4.69, 9.17) is 9.84 Å². The van der Waals surface area contributed by atoms with E-state index < -0.39 is 0 Å². The van der Waals surface area contributed by atoms with Gasteiger partial charge in [0.25, 0.3) is 0 Å². The second-order valence-electron chi connectivity index (χ2n) is 10.2. The second kappa shape index (κ2) is 26.6. The first-order chi connectivity index (χ1) is 15.1. The number of nitrogens with zero attached hydrogens (tertiary/aromatic N) is 1. The lowest BCUT2D eigenvalue weighted by Crippen LogP contribution is -3.00. The van der Waals surface area contributed by atoms with Crippen LogP contribution in [0.1, 0.15) is 116 Å². The lowest BCUT2D eigenvalue weighted by Gasteiger charge is -2.32. The first kappa shape index (κ1) is 35.1. The van der Waals surface area contributed by atoms with Gasteiger partial charge in [-0.3, -0.25) is 0 Å². The molecule has 5 heteroatoms. The van der Waals surface area contributed by atoms with Crippen LogP contribution in [0.4, 0.5) is 0 Å². The van der Waals surface area contributed by atoms with Crippen LogP contribution in [0.5, 0.6) is 0 Å². The fraction of sp³-hybridized carbons (Fsp3) is 1.00. The van der Waals surface area contributed by atoms with Gasteiger partial charge in [-0.25, -0.2) is 0 Å².